The SMILES string of the molecule is CCN(CC)CCOc1ccc2ccccc2c1Cc1ccc(OC)c(OC)c1. The molecular formula is C25H31NO3. The van der Waals surface area contributed by atoms with Crippen LogP contribution < -0.4 is 14.2 Å². The Kier molecular flexibility index (Phi) is 7.36. The minimum absolute atomic E-state index is 0.680. The van der Waals surface area contributed by atoms with E-state index in [4.69, 9.17) is 14.2 Å². The number of methoxy groups -OCH3 is 2. The van der Waals surface area contributed by atoms with E-state index in [0.717, 1.165) is 48.9 Å². The van der Waals surface area contributed by atoms with Gasteiger partial charge >= 0.3 is 0 Å². The number of likely N-dealkylation sites (N-methyl/N-ethyl adjacent to an activating group) is 1. The van der Waals surface area contributed by atoms with Crippen LogP contribution in [0.5, 0.6) is 17.2 Å². The van der Waals surface area contributed by atoms with Gasteiger partial charge in [0.1, 0.15) is 12.4 Å². The summed E-state index contributed by atoms with van der Waals surface area (Å²) in [6, 6.07) is 18.8. The Bertz CT molecular complexity index is 934. The number of fused-ring (bicyclic) bond motifs is 1. The van der Waals surface area contributed by atoms with Gasteiger partial charge in [0.15, 0.2) is 11.5 Å². The van der Waals surface area contributed by atoms with Crippen LogP contribution in [0, 0.1) is 0 Å². The topological polar surface area (TPSA) is 30.9 Å². The van der Waals surface area contributed by atoms with Gasteiger partial charge in [0.25, 0.3) is 0 Å². The fourth-order valence-electron chi connectivity index (χ4n) is 3.65. The average Bonchev–Trinajstić information content (AvgIpc) is 2.77. The number of benzene rings is 3. The molecule has 3 aromatic rings. The molecule has 0 spiro atoms. The Hall–Kier alpha value is -2.72. The predicted molar refractivity (Wildman–Crippen MR) is 120 cm³/mol. The fourth-order valence-corrected chi connectivity index (χ4v) is 3.65. The standard InChI is InChI=1S/C25H31NO3/c1-5-26(6-2)15-16-29-23-14-12-20-9-7-8-10-21(20)22(23)17-19-11-13-24(27-3)25(18-19)28-4/h7-14,18H,5-6,15-17H2,1-4H3. The third-order valence-electron chi connectivity index (χ3n) is 5.39. The van der Waals surface area contributed by atoms with Gasteiger partial charge in [-0.1, -0.05) is 50.2 Å². The second kappa shape index (κ2) is 10.2. The number of nitrogens with zero attached hydrogens (tertiary/aromatic N) is 1. The highest BCUT2D eigenvalue weighted by Crippen LogP contribution is 2.33. The predicted octanol–water partition coefficient (Wildman–Crippen LogP) is 5.17. The van der Waals surface area contributed by atoms with E-state index in [0.29, 0.717) is 6.61 Å². The molecule has 0 saturated heterocycles. The van der Waals surface area contributed by atoms with Crippen molar-refractivity contribution < 1.29 is 14.2 Å². The summed E-state index contributed by atoms with van der Waals surface area (Å²) >= 11 is 0. The van der Waals surface area contributed by atoms with Crippen LogP contribution in [0.3, 0.4) is 0 Å². The van der Waals surface area contributed by atoms with Gasteiger partial charge in [0, 0.05) is 18.5 Å². The van der Waals surface area contributed by atoms with Crippen LogP contribution in [0.1, 0.15) is 25.0 Å². The Morgan fingerprint density at radius 2 is 1.52 bits per heavy atom. The van der Waals surface area contributed by atoms with E-state index in [1.807, 2.05) is 12.1 Å². The van der Waals surface area contributed by atoms with Crippen molar-refractivity contribution in [3.05, 3.63) is 65.7 Å². The van der Waals surface area contributed by atoms with Gasteiger partial charge in [0.2, 0.25) is 0 Å². The van der Waals surface area contributed by atoms with Crippen molar-refractivity contribution in [3.63, 3.8) is 0 Å². The zero-order valence-electron chi connectivity index (χ0n) is 17.9. The molecule has 154 valence electrons. The molecule has 0 heterocycles. The van der Waals surface area contributed by atoms with Crippen LogP contribution in [0.4, 0.5) is 0 Å². The molecular weight excluding hydrogens is 362 g/mol. The lowest BCUT2D eigenvalue weighted by molar-refractivity contribution is 0.222. The monoisotopic (exact) mass is 393 g/mol. The van der Waals surface area contributed by atoms with Gasteiger partial charge in [-0.05, 0) is 47.6 Å². The smallest absolute Gasteiger partial charge is 0.160 e. The first kappa shape index (κ1) is 21.0. The minimum atomic E-state index is 0.680. The Morgan fingerprint density at radius 3 is 2.24 bits per heavy atom. The van der Waals surface area contributed by atoms with E-state index in [1.54, 1.807) is 14.2 Å². The van der Waals surface area contributed by atoms with E-state index in [1.165, 1.54) is 16.3 Å². The molecule has 0 radical (unpaired) electrons. The van der Waals surface area contributed by atoms with Gasteiger partial charge in [-0.15, -0.1) is 0 Å². The molecule has 0 amide bonds. The highest BCUT2D eigenvalue weighted by molar-refractivity contribution is 5.88. The minimum Gasteiger partial charge on any atom is -0.493 e. The van der Waals surface area contributed by atoms with Crippen LogP contribution in [0.25, 0.3) is 10.8 Å². The molecule has 4 heteroatoms. The van der Waals surface area contributed by atoms with E-state index in [-0.39, 0.29) is 0 Å². The van der Waals surface area contributed by atoms with Gasteiger partial charge < -0.3 is 19.1 Å². The Morgan fingerprint density at radius 1 is 0.793 bits per heavy atom. The summed E-state index contributed by atoms with van der Waals surface area (Å²) in [5, 5.41) is 2.45. The number of ether oxygens (including phenoxy) is 3. The van der Waals surface area contributed by atoms with Crippen LogP contribution >= 0.6 is 0 Å². The van der Waals surface area contributed by atoms with Crippen molar-refractivity contribution in [3.8, 4) is 17.2 Å². The third-order valence-corrected chi connectivity index (χ3v) is 5.39. The molecule has 0 aromatic heterocycles. The normalized spacial score (nSPS) is 11.1. The molecule has 0 aliphatic carbocycles. The zero-order chi connectivity index (χ0) is 20.6. The lowest BCUT2D eigenvalue weighted by Crippen LogP contribution is -2.28. The second-order valence-corrected chi connectivity index (χ2v) is 7.00. The quantitative estimate of drug-likeness (QED) is 0.476. The summed E-state index contributed by atoms with van der Waals surface area (Å²) in [5.74, 6) is 2.43. The van der Waals surface area contributed by atoms with E-state index < -0.39 is 0 Å². The molecule has 29 heavy (non-hydrogen) atoms. The summed E-state index contributed by atoms with van der Waals surface area (Å²) in [7, 11) is 3.32. The summed E-state index contributed by atoms with van der Waals surface area (Å²) in [6.45, 7) is 8.05. The maximum atomic E-state index is 6.26. The highest BCUT2D eigenvalue weighted by atomic mass is 16.5. The first-order valence-electron chi connectivity index (χ1n) is 10.3. The second-order valence-electron chi connectivity index (χ2n) is 7.00. The highest BCUT2D eigenvalue weighted by Gasteiger charge is 2.12. The molecule has 0 aliphatic heterocycles. The molecule has 0 aliphatic rings. The summed E-state index contributed by atoms with van der Waals surface area (Å²) in [5.41, 5.74) is 2.36. The van der Waals surface area contributed by atoms with Gasteiger partial charge in [-0.25, -0.2) is 0 Å². The van der Waals surface area contributed by atoms with Crippen LogP contribution in [0.2, 0.25) is 0 Å². The van der Waals surface area contributed by atoms with Crippen molar-refractivity contribution in [1.82, 2.24) is 4.90 Å². The Balaban J connectivity index is 1.92. The van der Waals surface area contributed by atoms with Crippen LogP contribution in [-0.4, -0.2) is 45.4 Å². The van der Waals surface area contributed by atoms with Crippen molar-refractivity contribution >= 4 is 10.8 Å². The third kappa shape index (κ3) is 5.01. The molecule has 0 bridgehead atoms. The van der Waals surface area contributed by atoms with Gasteiger partial charge in [0.05, 0.1) is 14.2 Å². The van der Waals surface area contributed by atoms with Crippen molar-refractivity contribution in [2.75, 3.05) is 40.5 Å². The van der Waals surface area contributed by atoms with Crippen molar-refractivity contribution in [2.45, 2.75) is 20.3 Å². The first-order chi connectivity index (χ1) is 14.2. The number of hydrogen-bond donors (Lipinski definition) is 0. The molecule has 0 fully saturated rings. The maximum Gasteiger partial charge on any atom is 0.160 e. The van der Waals surface area contributed by atoms with Gasteiger partial charge in [-0.2, -0.15) is 0 Å². The van der Waals surface area contributed by atoms with Crippen LogP contribution in [0.15, 0.2) is 54.6 Å². The lowest BCUT2D eigenvalue weighted by atomic mass is 9.97. The molecule has 0 N–H and O–H groups in total. The lowest BCUT2D eigenvalue weighted by Gasteiger charge is -2.20. The van der Waals surface area contributed by atoms with Crippen molar-refractivity contribution in [2.24, 2.45) is 0 Å². The molecule has 0 unspecified atom stereocenters. The van der Waals surface area contributed by atoms with E-state index >= 15 is 0 Å². The summed E-state index contributed by atoms with van der Waals surface area (Å²) in [6.07, 6.45) is 0.766. The van der Waals surface area contributed by atoms with Gasteiger partial charge in [-0.3, -0.25) is 0 Å². The number of rotatable bonds is 10. The van der Waals surface area contributed by atoms with Crippen molar-refractivity contribution in [1.29, 1.82) is 0 Å². The largest absolute Gasteiger partial charge is 0.493 e. The van der Waals surface area contributed by atoms with E-state index in [2.05, 4.69) is 61.2 Å². The molecule has 0 atom stereocenters. The van der Waals surface area contributed by atoms with E-state index in [9.17, 15) is 0 Å². The molecule has 0 saturated carbocycles. The first-order valence-corrected chi connectivity index (χ1v) is 10.3. The maximum absolute atomic E-state index is 6.26. The average molecular weight is 394 g/mol. The zero-order valence-corrected chi connectivity index (χ0v) is 17.9. The summed E-state index contributed by atoms with van der Waals surface area (Å²) in [4.78, 5) is 2.37. The number of hydrogen-bond acceptors (Lipinski definition) is 4. The van der Waals surface area contributed by atoms with Crippen LogP contribution in [-0.2, 0) is 6.42 Å². The summed E-state index contributed by atoms with van der Waals surface area (Å²) < 4.78 is 17.1. The molecule has 3 aromatic carbocycles. The fraction of sp³-hybridized carbons (Fsp3) is 0.360. The molecule has 4 nitrogen and oxygen atoms in total. The Labute approximate surface area is 174 Å². The molecule has 3 rings (SSSR count).